The molecule has 2 heterocycles. The number of benzene rings is 1. The summed E-state index contributed by atoms with van der Waals surface area (Å²) in [5.74, 6) is -0.474. The topological polar surface area (TPSA) is 98.2 Å². The molecule has 0 bridgehead atoms. The number of amides is 1. The smallest absolute Gasteiger partial charge is 0.290 e. The number of ketones is 1. The Bertz CT molecular complexity index is 1080. The molecule has 8 nitrogen and oxygen atoms in total. The number of Topliss-reactive ketones (excluding diaryl/α,β-unsaturated/α-hetero) is 1. The first-order chi connectivity index (χ1) is 16.3. The summed E-state index contributed by atoms with van der Waals surface area (Å²) in [6, 6.07) is 4.54. The molecule has 1 aliphatic heterocycles. The number of thiazole rings is 1. The average Bonchev–Trinajstić information content (AvgIpc) is 3.30. The number of aryl methyl sites for hydroxylation is 2. The largest absolute Gasteiger partial charge is 0.503 e. The maximum Gasteiger partial charge on any atom is 0.290 e. The number of rotatable bonds is 12. The summed E-state index contributed by atoms with van der Waals surface area (Å²) in [5.41, 5.74) is 1.24. The summed E-state index contributed by atoms with van der Waals surface area (Å²) in [7, 11) is 3.08. The monoisotopic (exact) mass is 488 g/mol. The van der Waals surface area contributed by atoms with Crippen molar-refractivity contribution in [2.45, 2.75) is 46.1 Å². The van der Waals surface area contributed by atoms with Gasteiger partial charge in [0.2, 0.25) is 5.78 Å². The quantitative estimate of drug-likeness (QED) is 0.345. The van der Waals surface area contributed by atoms with E-state index in [0.717, 1.165) is 24.3 Å². The molecular formula is C25H32N2O6S. The van der Waals surface area contributed by atoms with Gasteiger partial charge >= 0.3 is 0 Å². The van der Waals surface area contributed by atoms with Gasteiger partial charge in [0.1, 0.15) is 0 Å². The van der Waals surface area contributed by atoms with Gasteiger partial charge in [0.05, 0.1) is 47.5 Å². The number of aliphatic hydroxyl groups excluding tert-OH is 1. The fourth-order valence-electron chi connectivity index (χ4n) is 4.02. The normalized spacial score (nSPS) is 15.9. The first-order valence-electron chi connectivity index (χ1n) is 11.4. The Labute approximate surface area is 204 Å². The Balaban J connectivity index is 2.02. The van der Waals surface area contributed by atoms with E-state index >= 15 is 0 Å². The van der Waals surface area contributed by atoms with Crippen LogP contribution in [0.1, 0.15) is 58.2 Å². The molecule has 1 amide bonds. The minimum absolute atomic E-state index is 0.0338. The van der Waals surface area contributed by atoms with Gasteiger partial charge in [0.15, 0.2) is 17.3 Å². The summed E-state index contributed by atoms with van der Waals surface area (Å²) in [5, 5.41) is 11.5. The molecule has 3 rings (SSSR count). The van der Waals surface area contributed by atoms with E-state index in [1.54, 1.807) is 32.2 Å². The van der Waals surface area contributed by atoms with E-state index in [9.17, 15) is 14.7 Å². The van der Waals surface area contributed by atoms with Crippen LogP contribution in [-0.4, -0.2) is 60.7 Å². The molecule has 34 heavy (non-hydrogen) atoms. The number of unbranched alkanes of at least 4 members (excludes halogenated alkanes) is 2. The molecule has 1 aliphatic rings. The number of aliphatic hydroxyl groups is 1. The molecule has 0 radical (unpaired) electrons. The molecule has 0 saturated heterocycles. The number of carbonyl (C=O) groups excluding carboxylic acids is 2. The second kappa shape index (κ2) is 11.5. The highest BCUT2D eigenvalue weighted by Gasteiger charge is 2.44. The van der Waals surface area contributed by atoms with E-state index in [4.69, 9.17) is 14.2 Å². The summed E-state index contributed by atoms with van der Waals surface area (Å²) >= 11 is 1.25. The number of carbonyl (C=O) groups is 2. The van der Waals surface area contributed by atoms with Crippen molar-refractivity contribution in [1.29, 1.82) is 0 Å². The molecule has 9 heteroatoms. The summed E-state index contributed by atoms with van der Waals surface area (Å²) < 4.78 is 16.6. The molecule has 184 valence electrons. The number of ether oxygens (including phenoxy) is 3. The zero-order valence-electron chi connectivity index (χ0n) is 20.3. The van der Waals surface area contributed by atoms with Crippen molar-refractivity contribution in [1.82, 2.24) is 9.88 Å². The third-order valence-corrected chi connectivity index (χ3v) is 6.77. The van der Waals surface area contributed by atoms with Crippen molar-refractivity contribution < 1.29 is 28.9 Å². The summed E-state index contributed by atoms with van der Waals surface area (Å²) in [4.78, 5) is 32.7. The lowest BCUT2D eigenvalue weighted by Crippen LogP contribution is -2.34. The molecular weight excluding hydrogens is 456 g/mol. The van der Waals surface area contributed by atoms with E-state index < -0.39 is 23.5 Å². The van der Waals surface area contributed by atoms with Crippen molar-refractivity contribution in [3.8, 4) is 11.5 Å². The van der Waals surface area contributed by atoms with Gasteiger partial charge in [-0.1, -0.05) is 25.8 Å². The van der Waals surface area contributed by atoms with Gasteiger partial charge in [-0.2, -0.15) is 0 Å². The van der Waals surface area contributed by atoms with E-state index in [0.29, 0.717) is 34.2 Å². The van der Waals surface area contributed by atoms with Crippen LogP contribution >= 0.6 is 11.3 Å². The van der Waals surface area contributed by atoms with Gasteiger partial charge in [-0.05, 0) is 38.0 Å². The minimum atomic E-state index is -0.792. The minimum Gasteiger partial charge on any atom is -0.503 e. The third-order valence-electron chi connectivity index (χ3n) is 5.70. The third kappa shape index (κ3) is 5.26. The number of hydrogen-bond acceptors (Lipinski definition) is 8. The molecule has 1 atom stereocenters. The average molecular weight is 489 g/mol. The van der Waals surface area contributed by atoms with Gasteiger partial charge < -0.3 is 24.2 Å². The lowest BCUT2D eigenvalue weighted by molar-refractivity contribution is -0.130. The molecule has 1 aromatic heterocycles. The maximum absolute atomic E-state index is 13.6. The Kier molecular flexibility index (Phi) is 8.68. The Morgan fingerprint density at radius 1 is 1.18 bits per heavy atom. The van der Waals surface area contributed by atoms with Crippen molar-refractivity contribution in [3.05, 3.63) is 50.7 Å². The van der Waals surface area contributed by atoms with Crippen LogP contribution in [0.5, 0.6) is 11.5 Å². The second-order valence-electron chi connectivity index (χ2n) is 8.10. The van der Waals surface area contributed by atoms with Crippen molar-refractivity contribution >= 4 is 23.0 Å². The molecule has 0 spiro atoms. The van der Waals surface area contributed by atoms with Crippen LogP contribution in [0.3, 0.4) is 0 Å². The number of methoxy groups -OCH3 is 2. The zero-order valence-corrected chi connectivity index (χ0v) is 21.2. The summed E-state index contributed by atoms with van der Waals surface area (Å²) in [6.45, 7) is 6.72. The van der Waals surface area contributed by atoms with Crippen LogP contribution in [0, 0.1) is 13.8 Å². The molecule has 0 aliphatic carbocycles. The predicted molar refractivity (Wildman–Crippen MR) is 130 cm³/mol. The van der Waals surface area contributed by atoms with Crippen LogP contribution in [0.25, 0.3) is 0 Å². The van der Waals surface area contributed by atoms with E-state index in [1.165, 1.54) is 23.3 Å². The van der Waals surface area contributed by atoms with Gasteiger partial charge in [-0.15, -0.1) is 11.3 Å². The number of aromatic nitrogens is 1. The molecule has 1 aromatic carbocycles. The van der Waals surface area contributed by atoms with Crippen molar-refractivity contribution in [2.75, 3.05) is 34.0 Å². The van der Waals surface area contributed by atoms with E-state index in [-0.39, 0.29) is 18.7 Å². The lowest BCUT2D eigenvalue weighted by Gasteiger charge is -2.27. The standard InChI is InChI=1S/C25H32N2O6S/c1-6-7-8-12-33-18-10-9-17(14-19(18)32-5)21-20(22(28)24-15(2)26-16(3)34-24)23(29)25(30)27(21)11-13-31-4/h9-10,14,21,29H,6-8,11-13H2,1-5H3. The van der Waals surface area contributed by atoms with Crippen molar-refractivity contribution in [3.63, 3.8) is 0 Å². The predicted octanol–water partition coefficient (Wildman–Crippen LogP) is 4.56. The van der Waals surface area contributed by atoms with Crippen LogP contribution in [0.4, 0.5) is 0 Å². The lowest BCUT2D eigenvalue weighted by atomic mass is 9.94. The van der Waals surface area contributed by atoms with Crippen LogP contribution in [0.15, 0.2) is 29.5 Å². The van der Waals surface area contributed by atoms with Crippen LogP contribution < -0.4 is 9.47 Å². The first-order valence-corrected chi connectivity index (χ1v) is 12.2. The Morgan fingerprint density at radius 2 is 1.94 bits per heavy atom. The highest BCUT2D eigenvalue weighted by molar-refractivity contribution is 7.14. The van der Waals surface area contributed by atoms with Gasteiger partial charge in [-0.3, -0.25) is 9.59 Å². The van der Waals surface area contributed by atoms with E-state index in [1.807, 2.05) is 6.92 Å². The highest BCUT2D eigenvalue weighted by atomic mass is 32.1. The second-order valence-corrected chi connectivity index (χ2v) is 9.30. The SMILES string of the molecule is CCCCCOc1ccc(C2C(C(=O)c3sc(C)nc3C)=C(O)C(=O)N2CCOC)cc1OC. The van der Waals surface area contributed by atoms with Crippen LogP contribution in [-0.2, 0) is 9.53 Å². The van der Waals surface area contributed by atoms with Crippen molar-refractivity contribution in [2.24, 2.45) is 0 Å². The Hall–Kier alpha value is -2.91. The van der Waals surface area contributed by atoms with Gasteiger partial charge in [0.25, 0.3) is 5.91 Å². The maximum atomic E-state index is 13.6. The number of hydrogen-bond donors (Lipinski definition) is 1. The van der Waals surface area contributed by atoms with Gasteiger partial charge in [-0.25, -0.2) is 4.98 Å². The fraction of sp³-hybridized carbons (Fsp3) is 0.480. The molecule has 1 unspecified atom stereocenters. The number of nitrogens with zero attached hydrogens (tertiary/aromatic N) is 2. The van der Waals surface area contributed by atoms with Gasteiger partial charge in [0, 0.05) is 13.7 Å². The zero-order chi connectivity index (χ0) is 24.8. The first kappa shape index (κ1) is 25.7. The molecule has 2 aromatic rings. The van der Waals surface area contributed by atoms with Crippen LogP contribution in [0.2, 0.25) is 0 Å². The van der Waals surface area contributed by atoms with E-state index in [2.05, 4.69) is 11.9 Å². The fourth-order valence-corrected chi connectivity index (χ4v) is 4.90. The summed E-state index contributed by atoms with van der Waals surface area (Å²) in [6.07, 6.45) is 3.11. The highest BCUT2D eigenvalue weighted by Crippen LogP contribution is 2.42. The molecule has 0 fully saturated rings. The Morgan fingerprint density at radius 3 is 2.56 bits per heavy atom. The molecule has 0 saturated carbocycles. The molecule has 1 N–H and O–H groups in total.